The van der Waals surface area contributed by atoms with Gasteiger partial charge in [0.2, 0.25) is 0 Å². The van der Waals surface area contributed by atoms with Crippen molar-refractivity contribution in [1.29, 1.82) is 5.26 Å². The van der Waals surface area contributed by atoms with Crippen LogP contribution in [-0.2, 0) is 0 Å². The van der Waals surface area contributed by atoms with Gasteiger partial charge < -0.3 is 10.0 Å². The molecule has 31 heavy (non-hydrogen) atoms. The van der Waals surface area contributed by atoms with E-state index in [-0.39, 0.29) is 0 Å². The molecule has 0 fully saturated rings. The molecule has 150 valence electrons. The van der Waals surface area contributed by atoms with E-state index >= 15 is 0 Å². The maximum absolute atomic E-state index is 10.4. The standard InChI is InChI=1S/C26H22BNO2Si/c1-20-17-18-25(27(29)30)26(24(20)19-28)31(21-11-5-2-6-12-21,22-13-7-3-8-14-22)23-15-9-4-10-16-23/h2-18,29-30H,1H3. The van der Waals surface area contributed by atoms with Gasteiger partial charge in [-0.3, -0.25) is 0 Å². The molecule has 0 spiro atoms. The maximum Gasteiger partial charge on any atom is 0.488 e. The van der Waals surface area contributed by atoms with Gasteiger partial charge in [0.1, 0.15) is 0 Å². The Labute approximate surface area is 184 Å². The molecular weight excluding hydrogens is 397 g/mol. The molecule has 0 radical (unpaired) electrons. The quantitative estimate of drug-likeness (QED) is 0.374. The van der Waals surface area contributed by atoms with Gasteiger partial charge in [0, 0.05) is 0 Å². The van der Waals surface area contributed by atoms with Crippen molar-refractivity contribution in [1.82, 2.24) is 0 Å². The van der Waals surface area contributed by atoms with Gasteiger partial charge in [-0.15, -0.1) is 0 Å². The fraction of sp³-hybridized carbons (Fsp3) is 0.0385. The summed E-state index contributed by atoms with van der Waals surface area (Å²) in [6.45, 7) is 1.90. The number of nitrogens with zero attached hydrogens (tertiary/aromatic N) is 1. The van der Waals surface area contributed by atoms with Gasteiger partial charge in [0.25, 0.3) is 0 Å². The van der Waals surface area contributed by atoms with Gasteiger partial charge in [-0.25, -0.2) is 0 Å². The molecule has 5 heteroatoms. The van der Waals surface area contributed by atoms with Crippen LogP contribution in [0.5, 0.6) is 0 Å². The van der Waals surface area contributed by atoms with Gasteiger partial charge >= 0.3 is 7.12 Å². The van der Waals surface area contributed by atoms with Crippen LogP contribution in [0, 0.1) is 18.3 Å². The average Bonchev–Trinajstić information content (AvgIpc) is 2.82. The smallest absolute Gasteiger partial charge is 0.423 e. The first-order valence-electron chi connectivity index (χ1n) is 10.2. The highest BCUT2D eigenvalue weighted by Crippen LogP contribution is 2.13. The van der Waals surface area contributed by atoms with E-state index in [9.17, 15) is 15.3 Å². The van der Waals surface area contributed by atoms with Gasteiger partial charge in [0.15, 0.2) is 8.07 Å². The van der Waals surface area contributed by atoms with Crippen LogP contribution in [0.2, 0.25) is 0 Å². The van der Waals surface area contributed by atoms with Crippen molar-refractivity contribution < 1.29 is 10.0 Å². The third kappa shape index (κ3) is 3.51. The molecule has 0 heterocycles. The lowest BCUT2D eigenvalue weighted by Gasteiger charge is -2.37. The summed E-state index contributed by atoms with van der Waals surface area (Å²) >= 11 is 0. The zero-order valence-corrected chi connectivity index (χ0v) is 18.2. The summed E-state index contributed by atoms with van der Waals surface area (Å²) in [6, 6.07) is 36.4. The first-order valence-corrected chi connectivity index (χ1v) is 12.2. The molecule has 0 aromatic heterocycles. The summed E-state index contributed by atoms with van der Waals surface area (Å²) in [5, 5.41) is 35.0. The van der Waals surface area contributed by atoms with Crippen molar-refractivity contribution in [3.05, 3.63) is 114 Å². The molecule has 0 aliphatic rings. The van der Waals surface area contributed by atoms with Crippen molar-refractivity contribution >= 4 is 41.4 Å². The Bertz CT molecular complexity index is 1130. The number of rotatable bonds is 5. The Kier molecular flexibility index (Phi) is 5.88. The van der Waals surface area contributed by atoms with Crippen molar-refractivity contribution in [3.8, 4) is 6.07 Å². The van der Waals surface area contributed by atoms with Gasteiger partial charge in [0.05, 0.1) is 11.6 Å². The summed E-state index contributed by atoms with van der Waals surface area (Å²) < 4.78 is 0. The lowest BCUT2D eigenvalue weighted by Crippen LogP contribution is -2.79. The topological polar surface area (TPSA) is 64.2 Å². The van der Waals surface area contributed by atoms with Gasteiger partial charge in [-0.2, -0.15) is 5.26 Å². The number of aryl methyl sites for hydroxylation is 1. The van der Waals surface area contributed by atoms with E-state index < -0.39 is 15.2 Å². The summed E-state index contributed by atoms with van der Waals surface area (Å²) in [5.41, 5.74) is 1.71. The first kappa shape index (κ1) is 20.8. The fourth-order valence-electron chi connectivity index (χ4n) is 4.48. The molecule has 0 bridgehead atoms. The molecular formula is C26H22BNO2Si. The van der Waals surface area contributed by atoms with Gasteiger partial charge in [-0.05, 0) is 38.7 Å². The third-order valence-electron chi connectivity index (χ3n) is 5.83. The first-order chi connectivity index (χ1) is 15.1. The lowest BCUT2D eigenvalue weighted by atomic mass is 9.78. The Hall–Kier alpha value is -3.43. The normalized spacial score (nSPS) is 11.0. The molecule has 0 unspecified atom stereocenters. The fourth-order valence-corrected chi connectivity index (χ4v) is 9.70. The SMILES string of the molecule is Cc1ccc(B(O)O)c([Si](c2ccccc2)(c2ccccc2)c2ccccc2)c1C#N. The number of benzene rings is 4. The van der Waals surface area contributed by atoms with E-state index in [4.69, 9.17) is 0 Å². The molecule has 0 atom stereocenters. The molecule has 3 nitrogen and oxygen atoms in total. The second kappa shape index (κ2) is 8.75. The Morgan fingerprint density at radius 1 is 0.677 bits per heavy atom. The largest absolute Gasteiger partial charge is 0.488 e. The minimum Gasteiger partial charge on any atom is -0.423 e. The molecule has 0 amide bonds. The summed E-state index contributed by atoms with van der Waals surface area (Å²) in [4.78, 5) is 0. The maximum atomic E-state index is 10.4. The molecule has 0 saturated heterocycles. The van der Waals surface area contributed by atoms with Crippen molar-refractivity contribution in [2.75, 3.05) is 0 Å². The molecule has 2 N–H and O–H groups in total. The van der Waals surface area contributed by atoms with Crippen LogP contribution in [-0.4, -0.2) is 25.2 Å². The van der Waals surface area contributed by atoms with E-state index in [0.717, 1.165) is 26.3 Å². The molecule has 0 aliphatic heterocycles. The van der Waals surface area contributed by atoms with Crippen LogP contribution in [0.25, 0.3) is 0 Å². The Balaban J connectivity index is 2.29. The summed E-state index contributed by atoms with van der Waals surface area (Å²) in [5.74, 6) is 0. The predicted octanol–water partition coefficient (Wildman–Crippen LogP) is 0.924. The summed E-state index contributed by atoms with van der Waals surface area (Å²) in [6.07, 6.45) is 0. The molecule has 4 aromatic carbocycles. The Morgan fingerprint density at radius 2 is 1.10 bits per heavy atom. The molecule has 0 aliphatic carbocycles. The van der Waals surface area contributed by atoms with Crippen LogP contribution >= 0.6 is 0 Å². The minimum absolute atomic E-state index is 0.380. The van der Waals surface area contributed by atoms with Gasteiger partial charge in [-0.1, -0.05) is 103 Å². The minimum atomic E-state index is -3.05. The Morgan fingerprint density at radius 3 is 1.45 bits per heavy atom. The van der Waals surface area contributed by atoms with Crippen LogP contribution in [0.3, 0.4) is 0 Å². The monoisotopic (exact) mass is 419 g/mol. The molecule has 4 rings (SSSR count). The van der Waals surface area contributed by atoms with Crippen molar-refractivity contribution in [2.45, 2.75) is 6.92 Å². The van der Waals surface area contributed by atoms with Crippen LogP contribution < -0.4 is 26.2 Å². The third-order valence-corrected chi connectivity index (χ3v) is 10.7. The molecule has 4 aromatic rings. The summed E-state index contributed by atoms with van der Waals surface area (Å²) in [7, 11) is -4.74. The molecule has 0 saturated carbocycles. The van der Waals surface area contributed by atoms with E-state index in [2.05, 4.69) is 42.5 Å². The highest BCUT2D eigenvalue weighted by Gasteiger charge is 2.45. The zero-order chi connectivity index (χ0) is 21.8. The number of hydrogen-bond acceptors (Lipinski definition) is 3. The lowest BCUT2D eigenvalue weighted by molar-refractivity contribution is 0.426. The van der Waals surface area contributed by atoms with Crippen LogP contribution in [0.1, 0.15) is 11.1 Å². The highest BCUT2D eigenvalue weighted by molar-refractivity contribution is 7.21. The van der Waals surface area contributed by atoms with Crippen molar-refractivity contribution in [3.63, 3.8) is 0 Å². The van der Waals surface area contributed by atoms with Crippen molar-refractivity contribution in [2.24, 2.45) is 0 Å². The van der Waals surface area contributed by atoms with Crippen LogP contribution in [0.15, 0.2) is 103 Å². The number of nitriles is 1. The van der Waals surface area contributed by atoms with Crippen LogP contribution in [0.4, 0.5) is 0 Å². The van der Waals surface area contributed by atoms with E-state index in [0.29, 0.717) is 11.0 Å². The second-order valence-corrected chi connectivity index (χ2v) is 11.3. The van der Waals surface area contributed by atoms with E-state index in [1.807, 2.05) is 61.5 Å². The second-order valence-electron chi connectivity index (χ2n) is 7.56. The zero-order valence-electron chi connectivity index (χ0n) is 17.2. The average molecular weight is 419 g/mol. The predicted molar refractivity (Wildman–Crippen MR) is 129 cm³/mol. The van der Waals surface area contributed by atoms with E-state index in [1.54, 1.807) is 12.1 Å². The van der Waals surface area contributed by atoms with E-state index in [1.165, 1.54) is 0 Å². The number of hydrogen-bond donors (Lipinski definition) is 2. The highest BCUT2D eigenvalue weighted by atomic mass is 28.3.